The molecule has 2 aliphatic heterocycles. The molecule has 5 heteroatoms. The summed E-state index contributed by atoms with van der Waals surface area (Å²) in [5.41, 5.74) is 1.59. The smallest absolute Gasteiger partial charge is 0.183 e. The van der Waals surface area contributed by atoms with Crippen LogP contribution in [0.4, 0.5) is 0 Å². The second kappa shape index (κ2) is 6.93. The fraction of sp³-hybridized carbons (Fsp3) is 0.579. The number of rotatable bonds is 6. The van der Waals surface area contributed by atoms with Crippen LogP contribution >= 0.6 is 0 Å². The maximum absolute atomic E-state index is 12.6. The Bertz CT molecular complexity index is 732. The molecule has 3 heterocycles. The van der Waals surface area contributed by atoms with E-state index < -0.39 is 0 Å². The summed E-state index contributed by atoms with van der Waals surface area (Å²) in [5, 5.41) is 5.50. The third kappa shape index (κ3) is 3.05. The number of nitrogens with zero attached hydrogens (tertiary/aromatic N) is 3. The number of piperidine rings is 1. The molecule has 2 aliphatic rings. The monoisotopic (exact) mass is 327 g/mol. The molecule has 0 radical (unpaired) electrons. The molecule has 5 nitrogen and oxygen atoms in total. The van der Waals surface area contributed by atoms with Crippen molar-refractivity contribution in [3.05, 3.63) is 23.9 Å². The van der Waals surface area contributed by atoms with Gasteiger partial charge in [0.25, 0.3) is 0 Å². The van der Waals surface area contributed by atoms with E-state index in [1.54, 1.807) is 0 Å². The average Bonchev–Trinajstić information content (AvgIpc) is 3.01. The lowest BCUT2D eigenvalue weighted by Gasteiger charge is -2.26. The predicted octanol–water partition coefficient (Wildman–Crippen LogP) is 3.27. The van der Waals surface area contributed by atoms with Crippen molar-refractivity contribution in [2.45, 2.75) is 45.1 Å². The van der Waals surface area contributed by atoms with Gasteiger partial charge in [-0.2, -0.15) is 5.10 Å². The first kappa shape index (κ1) is 15.6. The zero-order valence-corrected chi connectivity index (χ0v) is 14.2. The van der Waals surface area contributed by atoms with Crippen molar-refractivity contribution >= 4 is 16.7 Å². The van der Waals surface area contributed by atoms with Gasteiger partial charge in [-0.05, 0) is 51.4 Å². The molecule has 0 atom stereocenters. The Kier molecular flexibility index (Phi) is 4.52. The second-order valence-corrected chi connectivity index (χ2v) is 6.86. The van der Waals surface area contributed by atoms with Gasteiger partial charge in [-0.25, -0.2) is 0 Å². The first-order valence-corrected chi connectivity index (χ1v) is 9.21. The molecule has 0 spiro atoms. The molecule has 0 aliphatic carbocycles. The zero-order valence-electron chi connectivity index (χ0n) is 14.2. The number of ether oxygens (including phenoxy) is 1. The van der Waals surface area contributed by atoms with Crippen molar-refractivity contribution in [3.63, 3.8) is 0 Å². The van der Waals surface area contributed by atoms with Gasteiger partial charge >= 0.3 is 0 Å². The van der Waals surface area contributed by atoms with E-state index in [4.69, 9.17) is 4.74 Å². The van der Waals surface area contributed by atoms with Gasteiger partial charge in [0, 0.05) is 11.8 Å². The van der Waals surface area contributed by atoms with Crippen molar-refractivity contribution in [1.29, 1.82) is 0 Å². The molecular weight excluding hydrogens is 302 g/mol. The number of carbonyl (C=O) groups is 1. The number of hydrogen-bond donors (Lipinski definition) is 0. The SMILES string of the molecule is O=C(CCCCN1CCCCC1)c1nn2c3c(cccc13)OCC2. The van der Waals surface area contributed by atoms with E-state index in [0.29, 0.717) is 18.7 Å². The average molecular weight is 327 g/mol. The molecule has 0 bridgehead atoms. The van der Waals surface area contributed by atoms with Crippen LogP contribution in [0.5, 0.6) is 5.75 Å². The van der Waals surface area contributed by atoms with Crippen molar-refractivity contribution in [2.24, 2.45) is 0 Å². The van der Waals surface area contributed by atoms with E-state index in [-0.39, 0.29) is 5.78 Å². The number of aromatic nitrogens is 2. The normalized spacial score (nSPS) is 17.8. The van der Waals surface area contributed by atoms with Crippen molar-refractivity contribution < 1.29 is 9.53 Å². The summed E-state index contributed by atoms with van der Waals surface area (Å²) in [6.45, 7) is 4.92. The molecule has 1 aromatic carbocycles. The Balaban J connectivity index is 1.38. The van der Waals surface area contributed by atoms with Crippen LogP contribution in [0.1, 0.15) is 49.0 Å². The number of unbranched alkanes of at least 4 members (excludes halogenated alkanes) is 1. The van der Waals surface area contributed by atoms with Gasteiger partial charge in [0.2, 0.25) is 0 Å². The predicted molar refractivity (Wildman–Crippen MR) is 93.7 cm³/mol. The maximum Gasteiger partial charge on any atom is 0.183 e. The highest BCUT2D eigenvalue weighted by molar-refractivity contribution is 6.07. The lowest BCUT2D eigenvalue weighted by molar-refractivity contribution is 0.0973. The highest BCUT2D eigenvalue weighted by Gasteiger charge is 2.22. The molecule has 1 fully saturated rings. The summed E-state index contributed by atoms with van der Waals surface area (Å²) in [6.07, 6.45) is 6.65. The van der Waals surface area contributed by atoms with Gasteiger partial charge in [0.15, 0.2) is 5.78 Å². The minimum absolute atomic E-state index is 0.163. The highest BCUT2D eigenvalue weighted by atomic mass is 16.5. The summed E-state index contributed by atoms with van der Waals surface area (Å²) in [7, 11) is 0. The van der Waals surface area contributed by atoms with Crippen LogP contribution in [0.2, 0.25) is 0 Å². The Labute approximate surface area is 142 Å². The van der Waals surface area contributed by atoms with E-state index >= 15 is 0 Å². The van der Waals surface area contributed by atoms with Crippen LogP contribution in [0.15, 0.2) is 18.2 Å². The highest BCUT2D eigenvalue weighted by Crippen LogP contribution is 2.31. The summed E-state index contributed by atoms with van der Waals surface area (Å²) in [6, 6.07) is 5.88. The zero-order chi connectivity index (χ0) is 16.4. The fourth-order valence-electron chi connectivity index (χ4n) is 3.85. The number of hydrogen-bond acceptors (Lipinski definition) is 4. The first-order chi connectivity index (χ1) is 11.8. The number of para-hydroxylation sites is 1. The second-order valence-electron chi connectivity index (χ2n) is 6.86. The molecule has 1 saturated heterocycles. The molecule has 128 valence electrons. The molecular formula is C19H25N3O2. The summed E-state index contributed by atoms with van der Waals surface area (Å²) >= 11 is 0. The Morgan fingerprint density at radius 3 is 2.88 bits per heavy atom. The standard InChI is InChI=1S/C19H25N3O2/c23-16(8-2-5-12-21-10-3-1-4-11-21)18-15-7-6-9-17-19(15)22(20-18)13-14-24-17/h6-7,9H,1-5,8,10-14H2. The summed E-state index contributed by atoms with van der Waals surface area (Å²) < 4.78 is 7.60. The molecule has 2 aromatic rings. The van der Waals surface area contributed by atoms with Gasteiger partial charge < -0.3 is 9.64 Å². The molecule has 0 unspecified atom stereocenters. The van der Waals surface area contributed by atoms with Crippen LogP contribution in [0, 0.1) is 0 Å². The minimum Gasteiger partial charge on any atom is -0.489 e. The van der Waals surface area contributed by atoms with Gasteiger partial charge in [0.1, 0.15) is 23.6 Å². The van der Waals surface area contributed by atoms with Crippen molar-refractivity contribution in [1.82, 2.24) is 14.7 Å². The third-order valence-corrected chi connectivity index (χ3v) is 5.13. The lowest BCUT2D eigenvalue weighted by Crippen LogP contribution is -2.30. The summed E-state index contributed by atoms with van der Waals surface area (Å²) in [4.78, 5) is 15.2. The van der Waals surface area contributed by atoms with Gasteiger partial charge in [0.05, 0.1) is 6.54 Å². The van der Waals surface area contributed by atoms with Crippen molar-refractivity contribution in [2.75, 3.05) is 26.2 Å². The van der Waals surface area contributed by atoms with E-state index in [2.05, 4.69) is 10.00 Å². The number of carbonyl (C=O) groups excluding carboxylic acids is 1. The molecule has 1 aromatic heterocycles. The molecule has 0 saturated carbocycles. The van der Waals surface area contributed by atoms with Crippen molar-refractivity contribution in [3.8, 4) is 5.75 Å². The van der Waals surface area contributed by atoms with E-state index in [1.807, 2.05) is 22.9 Å². The molecule has 4 rings (SSSR count). The van der Waals surface area contributed by atoms with Gasteiger partial charge in [-0.15, -0.1) is 0 Å². The first-order valence-electron chi connectivity index (χ1n) is 9.21. The van der Waals surface area contributed by atoms with Crippen LogP contribution in [0.3, 0.4) is 0 Å². The van der Waals surface area contributed by atoms with E-state index in [0.717, 1.165) is 42.6 Å². The number of Topliss-reactive ketones (excluding diaryl/α,β-unsaturated/α-hetero) is 1. The van der Waals surface area contributed by atoms with Gasteiger partial charge in [-0.1, -0.05) is 18.6 Å². The Morgan fingerprint density at radius 2 is 2.00 bits per heavy atom. The molecule has 24 heavy (non-hydrogen) atoms. The maximum atomic E-state index is 12.6. The number of ketones is 1. The lowest BCUT2D eigenvalue weighted by atomic mass is 10.1. The number of benzene rings is 1. The van der Waals surface area contributed by atoms with E-state index in [9.17, 15) is 4.79 Å². The quantitative estimate of drug-likeness (QED) is 0.603. The third-order valence-electron chi connectivity index (χ3n) is 5.13. The van der Waals surface area contributed by atoms with E-state index in [1.165, 1.54) is 32.4 Å². The fourth-order valence-corrected chi connectivity index (χ4v) is 3.85. The topological polar surface area (TPSA) is 47.4 Å². The van der Waals surface area contributed by atoms with Gasteiger partial charge in [-0.3, -0.25) is 9.48 Å². The molecule has 0 amide bonds. The number of likely N-dealkylation sites (tertiary alicyclic amines) is 1. The Hall–Kier alpha value is -1.88. The Morgan fingerprint density at radius 1 is 1.12 bits per heavy atom. The van der Waals surface area contributed by atoms with Crippen LogP contribution in [-0.4, -0.2) is 46.7 Å². The van der Waals surface area contributed by atoms with Crippen LogP contribution < -0.4 is 4.74 Å². The largest absolute Gasteiger partial charge is 0.489 e. The van der Waals surface area contributed by atoms with Crippen LogP contribution in [-0.2, 0) is 6.54 Å². The van der Waals surface area contributed by atoms with Crippen LogP contribution in [0.25, 0.3) is 10.9 Å². The minimum atomic E-state index is 0.163. The summed E-state index contributed by atoms with van der Waals surface area (Å²) in [5.74, 6) is 1.01. The molecule has 0 N–H and O–H groups in total.